The molecule has 0 spiro atoms. The molecule has 1 aromatic heterocycles. The summed E-state index contributed by atoms with van der Waals surface area (Å²) >= 11 is 1.43. The summed E-state index contributed by atoms with van der Waals surface area (Å²) in [6, 6.07) is 13.2. The monoisotopic (exact) mass is 383 g/mol. The van der Waals surface area contributed by atoms with Crippen LogP contribution in [0.4, 0.5) is 16.5 Å². The van der Waals surface area contributed by atoms with Crippen LogP contribution in [0.3, 0.4) is 0 Å². The van der Waals surface area contributed by atoms with Crippen LogP contribution in [0.25, 0.3) is 0 Å². The maximum absolute atomic E-state index is 12.2. The zero-order chi connectivity index (χ0) is 19.2. The first-order valence-electron chi connectivity index (χ1n) is 8.37. The number of methoxy groups -OCH3 is 2. The third-order valence-electron chi connectivity index (χ3n) is 3.84. The van der Waals surface area contributed by atoms with E-state index in [-0.39, 0.29) is 12.3 Å². The van der Waals surface area contributed by atoms with Gasteiger partial charge in [0.1, 0.15) is 11.5 Å². The fourth-order valence-electron chi connectivity index (χ4n) is 2.57. The number of amides is 1. The zero-order valence-corrected chi connectivity index (χ0v) is 16.2. The molecule has 0 fully saturated rings. The number of thiazole rings is 1. The van der Waals surface area contributed by atoms with Gasteiger partial charge >= 0.3 is 0 Å². The summed E-state index contributed by atoms with van der Waals surface area (Å²) in [5, 5.41) is 8.66. The lowest BCUT2D eigenvalue weighted by Gasteiger charge is -2.10. The number of rotatable bonds is 7. The van der Waals surface area contributed by atoms with Crippen LogP contribution < -0.4 is 20.1 Å². The molecule has 0 bridgehead atoms. The van der Waals surface area contributed by atoms with E-state index >= 15 is 0 Å². The summed E-state index contributed by atoms with van der Waals surface area (Å²) in [4.78, 5) is 16.7. The molecule has 140 valence electrons. The van der Waals surface area contributed by atoms with Gasteiger partial charge in [-0.3, -0.25) is 4.79 Å². The Bertz CT molecular complexity index is 940. The third-order valence-corrected chi connectivity index (χ3v) is 4.65. The van der Waals surface area contributed by atoms with Crippen LogP contribution in [-0.2, 0) is 11.2 Å². The number of carbonyl (C=O) groups excluding carboxylic acids is 1. The van der Waals surface area contributed by atoms with Crippen molar-refractivity contribution in [3.63, 3.8) is 0 Å². The number of aryl methyl sites for hydroxylation is 1. The van der Waals surface area contributed by atoms with Crippen LogP contribution in [-0.4, -0.2) is 25.1 Å². The number of benzene rings is 2. The van der Waals surface area contributed by atoms with Crippen molar-refractivity contribution in [1.82, 2.24) is 4.98 Å². The van der Waals surface area contributed by atoms with E-state index in [2.05, 4.69) is 15.6 Å². The van der Waals surface area contributed by atoms with E-state index in [1.807, 2.05) is 54.8 Å². The summed E-state index contributed by atoms with van der Waals surface area (Å²) in [5.41, 5.74) is 3.34. The number of carbonyl (C=O) groups is 1. The Balaban J connectivity index is 1.65. The summed E-state index contributed by atoms with van der Waals surface area (Å²) in [6.45, 7) is 1.99. The normalized spacial score (nSPS) is 10.3. The van der Waals surface area contributed by atoms with Crippen molar-refractivity contribution in [2.24, 2.45) is 0 Å². The number of nitrogens with one attached hydrogen (secondary N) is 2. The average Bonchev–Trinajstić information content (AvgIpc) is 3.08. The highest BCUT2D eigenvalue weighted by atomic mass is 32.1. The van der Waals surface area contributed by atoms with Crippen molar-refractivity contribution in [1.29, 1.82) is 0 Å². The molecule has 0 aliphatic carbocycles. The Morgan fingerprint density at radius 1 is 1.15 bits per heavy atom. The average molecular weight is 383 g/mol. The Kier molecular flexibility index (Phi) is 5.93. The van der Waals surface area contributed by atoms with Gasteiger partial charge in [0.2, 0.25) is 5.91 Å². The SMILES string of the molecule is COc1ccc(OC)c(Nc2nc(CC(=O)Nc3cccc(C)c3)cs2)c1. The van der Waals surface area contributed by atoms with Gasteiger partial charge in [0, 0.05) is 17.1 Å². The quantitative estimate of drug-likeness (QED) is 0.633. The summed E-state index contributed by atoms with van der Waals surface area (Å²) in [7, 11) is 3.22. The maximum atomic E-state index is 12.2. The second-order valence-electron chi connectivity index (χ2n) is 5.93. The van der Waals surface area contributed by atoms with E-state index in [0.29, 0.717) is 22.3 Å². The lowest BCUT2D eigenvalue weighted by molar-refractivity contribution is -0.115. The van der Waals surface area contributed by atoms with Crippen molar-refractivity contribution in [3.8, 4) is 11.5 Å². The molecule has 0 atom stereocenters. The van der Waals surface area contributed by atoms with Gasteiger partial charge in [0.15, 0.2) is 5.13 Å². The molecule has 27 heavy (non-hydrogen) atoms. The van der Waals surface area contributed by atoms with Crippen LogP contribution in [0.2, 0.25) is 0 Å². The highest BCUT2D eigenvalue weighted by Gasteiger charge is 2.11. The van der Waals surface area contributed by atoms with E-state index in [9.17, 15) is 4.79 Å². The Hall–Kier alpha value is -3.06. The Morgan fingerprint density at radius 3 is 2.74 bits per heavy atom. The van der Waals surface area contributed by atoms with Crippen molar-refractivity contribution in [2.75, 3.05) is 24.9 Å². The van der Waals surface area contributed by atoms with E-state index < -0.39 is 0 Å². The summed E-state index contributed by atoms with van der Waals surface area (Å²) < 4.78 is 10.6. The molecule has 1 amide bonds. The van der Waals surface area contributed by atoms with Crippen LogP contribution in [0.15, 0.2) is 47.8 Å². The summed E-state index contributed by atoms with van der Waals surface area (Å²) in [6.07, 6.45) is 0.210. The van der Waals surface area contributed by atoms with Gasteiger partial charge in [-0.25, -0.2) is 4.98 Å². The maximum Gasteiger partial charge on any atom is 0.230 e. The largest absolute Gasteiger partial charge is 0.497 e. The molecule has 3 rings (SSSR count). The molecule has 0 unspecified atom stereocenters. The molecule has 0 aliphatic rings. The molecule has 7 heteroatoms. The molecular weight excluding hydrogens is 362 g/mol. The standard InChI is InChI=1S/C20H21N3O3S/c1-13-5-4-6-14(9-13)21-19(24)10-15-12-27-20(22-15)23-17-11-16(25-2)7-8-18(17)26-3/h4-9,11-12H,10H2,1-3H3,(H,21,24)(H,22,23). The van der Waals surface area contributed by atoms with Crippen LogP contribution >= 0.6 is 11.3 Å². The minimum atomic E-state index is -0.101. The lowest BCUT2D eigenvalue weighted by atomic mass is 10.2. The first-order chi connectivity index (χ1) is 13.1. The van der Waals surface area contributed by atoms with Gasteiger partial charge < -0.3 is 20.1 Å². The third kappa shape index (κ3) is 4.98. The van der Waals surface area contributed by atoms with E-state index in [1.54, 1.807) is 14.2 Å². The lowest BCUT2D eigenvalue weighted by Crippen LogP contribution is -2.14. The van der Waals surface area contributed by atoms with Crippen LogP contribution in [0.5, 0.6) is 11.5 Å². The molecule has 2 N–H and O–H groups in total. The number of aromatic nitrogens is 1. The number of nitrogens with zero attached hydrogens (tertiary/aromatic N) is 1. The minimum absolute atomic E-state index is 0.101. The van der Waals surface area contributed by atoms with E-state index in [0.717, 1.165) is 16.9 Å². The topological polar surface area (TPSA) is 72.5 Å². The van der Waals surface area contributed by atoms with Gasteiger partial charge in [-0.2, -0.15) is 0 Å². The number of anilines is 3. The molecule has 2 aromatic carbocycles. The summed E-state index contributed by atoms with van der Waals surface area (Å²) in [5.74, 6) is 1.30. The Morgan fingerprint density at radius 2 is 2.00 bits per heavy atom. The molecule has 1 heterocycles. The predicted octanol–water partition coefficient (Wildman–Crippen LogP) is 4.39. The van der Waals surface area contributed by atoms with Crippen molar-refractivity contribution < 1.29 is 14.3 Å². The van der Waals surface area contributed by atoms with Crippen molar-refractivity contribution >= 4 is 33.8 Å². The fourth-order valence-corrected chi connectivity index (χ4v) is 3.29. The van der Waals surface area contributed by atoms with E-state index in [1.165, 1.54) is 11.3 Å². The minimum Gasteiger partial charge on any atom is -0.497 e. The predicted molar refractivity (Wildman–Crippen MR) is 108 cm³/mol. The molecule has 3 aromatic rings. The van der Waals surface area contributed by atoms with Crippen molar-refractivity contribution in [3.05, 3.63) is 59.1 Å². The molecular formula is C20H21N3O3S. The zero-order valence-electron chi connectivity index (χ0n) is 15.4. The molecule has 0 saturated heterocycles. The number of hydrogen-bond acceptors (Lipinski definition) is 6. The molecule has 0 aliphatic heterocycles. The van der Waals surface area contributed by atoms with Gasteiger partial charge in [-0.15, -0.1) is 11.3 Å². The van der Waals surface area contributed by atoms with Gasteiger partial charge in [-0.05, 0) is 36.8 Å². The first kappa shape index (κ1) is 18.7. The van der Waals surface area contributed by atoms with Crippen LogP contribution in [0, 0.1) is 6.92 Å². The van der Waals surface area contributed by atoms with Gasteiger partial charge in [-0.1, -0.05) is 12.1 Å². The first-order valence-corrected chi connectivity index (χ1v) is 9.25. The number of hydrogen-bond donors (Lipinski definition) is 2. The smallest absolute Gasteiger partial charge is 0.230 e. The van der Waals surface area contributed by atoms with Crippen LogP contribution in [0.1, 0.15) is 11.3 Å². The van der Waals surface area contributed by atoms with Gasteiger partial charge in [0.05, 0.1) is 32.0 Å². The molecule has 0 saturated carbocycles. The molecule has 0 radical (unpaired) electrons. The highest BCUT2D eigenvalue weighted by Crippen LogP contribution is 2.32. The Labute approximate surface area is 162 Å². The fraction of sp³-hybridized carbons (Fsp3) is 0.200. The van der Waals surface area contributed by atoms with Crippen molar-refractivity contribution in [2.45, 2.75) is 13.3 Å². The number of ether oxygens (including phenoxy) is 2. The second-order valence-corrected chi connectivity index (χ2v) is 6.79. The van der Waals surface area contributed by atoms with E-state index in [4.69, 9.17) is 9.47 Å². The highest BCUT2D eigenvalue weighted by molar-refractivity contribution is 7.13. The van der Waals surface area contributed by atoms with Gasteiger partial charge in [0.25, 0.3) is 0 Å². The molecule has 6 nitrogen and oxygen atoms in total. The second kappa shape index (κ2) is 8.55.